The Hall–Kier alpha value is -2.62. The van der Waals surface area contributed by atoms with Gasteiger partial charge in [0, 0.05) is 11.4 Å². The largest absolute Gasteiger partial charge is 0.317 e. The van der Waals surface area contributed by atoms with Crippen molar-refractivity contribution in [3.05, 3.63) is 57.6 Å². The summed E-state index contributed by atoms with van der Waals surface area (Å²) in [4.78, 5) is 25.2. The first kappa shape index (κ1) is 23.7. The normalized spacial score (nSPS) is 11.3. The molecule has 0 aliphatic carbocycles. The van der Waals surface area contributed by atoms with Crippen LogP contribution >= 0.6 is 0 Å². The number of hydrogen-bond acceptors (Lipinski definition) is 2. The second-order valence-electron chi connectivity index (χ2n) is 9.35. The number of carbonyl (C=O) groups is 2. The fraction of sp³-hybridized carbons (Fsp3) is 0.462. The van der Waals surface area contributed by atoms with E-state index < -0.39 is 11.8 Å². The van der Waals surface area contributed by atoms with Gasteiger partial charge in [0.25, 0.3) is 0 Å². The van der Waals surface area contributed by atoms with Crippen molar-refractivity contribution in [2.75, 3.05) is 10.6 Å². The number of hydrogen-bond donors (Lipinski definition) is 2. The molecule has 30 heavy (non-hydrogen) atoms. The zero-order chi connectivity index (χ0) is 22.6. The van der Waals surface area contributed by atoms with Gasteiger partial charge in [-0.05, 0) is 79.3 Å². The minimum atomic E-state index is -0.654. The molecule has 2 N–H and O–H groups in total. The van der Waals surface area contributed by atoms with Crippen molar-refractivity contribution in [1.82, 2.24) is 0 Å². The molecule has 162 valence electrons. The van der Waals surface area contributed by atoms with E-state index in [-0.39, 0.29) is 5.41 Å². The van der Waals surface area contributed by atoms with Crippen LogP contribution in [0.25, 0.3) is 0 Å². The molecule has 0 aliphatic heterocycles. The van der Waals surface area contributed by atoms with Crippen molar-refractivity contribution < 1.29 is 9.59 Å². The summed E-state index contributed by atoms with van der Waals surface area (Å²) >= 11 is 0. The first-order valence-electron chi connectivity index (χ1n) is 10.8. The van der Waals surface area contributed by atoms with Gasteiger partial charge in [-0.1, -0.05) is 58.4 Å². The molecule has 4 heteroatoms. The molecule has 2 rings (SSSR count). The smallest absolute Gasteiger partial charge is 0.314 e. The predicted octanol–water partition coefficient (Wildman–Crippen LogP) is 6.14. The monoisotopic (exact) mass is 408 g/mol. The van der Waals surface area contributed by atoms with Crippen LogP contribution in [0.2, 0.25) is 0 Å². The first-order chi connectivity index (χ1) is 13.9. The number of benzene rings is 2. The summed E-state index contributed by atoms with van der Waals surface area (Å²) in [7, 11) is 0. The maximum Gasteiger partial charge on any atom is 0.314 e. The molecule has 0 saturated carbocycles. The average molecular weight is 409 g/mol. The van der Waals surface area contributed by atoms with Crippen molar-refractivity contribution in [3.63, 3.8) is 0 Å². The molecule has 0 spiro atoms. The number of rotatable bonds is 5. The summed E-state index contributed by atoms with van der Waals surface area (Å²) in [6.07, 6.45) is 3.31. The molecule has 4 nitrogen and oxygen atoms in total. The highest BCUT2D eigenvalue weighted by Gasteiger charge is 2.20. The van der Waals surface area contributed by atoms with Crippen molar-refractivity contribution in [2.45, 2.75) is 80.1 Å². The number of carbonyl (C=O) groups excluding carboxylic acids is 2. The van der Waals surface area contributed by atoms with Gasteiger partial charge in [0.15, 0.2) is 0 Å². The number of unbranched alkanes of at least 4 members (excludes halogenated alkanes) is 1. The molecule has 0 bridgehead atoms. The van der Waals surface area contributed by atoms with Crippen LogP contribution in [-0.4, -0.2) is 11.8 Å². The first-order valence-corrected chi connectivity index (χ1v) is 10.8. The molecule has 0 aliphatic rings. The van der Waals surface area contributed by atoms with Gasteiger partial charge in [-0.25, -0.2) is 0 Å². The van der Waals surface area contributed by atoms with Crippen LogP contribution in [0.4, 0.5) is 11.4 Å². The van der Waals surface area contributed by atoms with E-state index in [1.165, 1.54) is 11.1 Å². The lowest BCUT2D eigenvalue weighted by atomic mass is 9.85. The average Bonchev–Trinajstić information content (AvgIpc) is 2.64. The molecule has 0 atom stereocenters. The summed E-state index contributed by atoms with van der Waals surface area (Å²) < 4.78 is 0. The Balaban J connectivity index is 2.17. The molecule has 0 unspecified atom stereocenters. The Morgan fingerprint density at radius 1 is 0.767 bits per heavy atom. The number of amides is 2. The second kappa shape index (κ2) is 9.46. The SMILES string of the molecule is CCCCc1cc(C)c(NC(=O)C(=O)Nc2c(C)cc(C(C)(C)C)cc2C)c(C)c1. The van der Waals surface area contributed by atoms with Gasteiger partial charge in [0.1, 0.15) is 0 Å². The van der Waals surface area contributed by atoms with E-state index in [1.807, 2.05) is 27.7 Å². The van der Waals surface area contributed by atoms with Crippen molar-refractivity contribution >= 4 is 23.2 Å². The number of anilines is 2. The molecule has 0 saturated heterocycles. The number of nitrogens with one attached hydrogen (secondary N) is 2. The third-order valence-corrected chi connectivity index (χ3v) is 5.49. The Bertz CT molecular complexity index is 906. The lowest BCUT2D eigenvalue weighted by molar-refractivity contribution is -0.133. The minimum absolute atomic E-state index is 0.0216. The highest BCUT2D eigenvalue weighted by atomic mass is 16.2. The minimum Gasteiger partial charge on any atom is -0.317 e. The van der Waals surface area contributed by atoms with Crippen LogP contribution in [0.5, 0.6) is 0 Å². The zero-order valence-electron chi connectivity index (χ0n) is 19.7. The van der Waals surface area contributed by atoms with Crippen LogP contribution < -0.4 is 10.6 Å². The molecule has 2 amide bonds. The fourth-order valence-electron chi connectivity index (χ4n) is 3.71. The second-order valence-corrected chi connectivity index (χ2v) is 9.35. The van der Waals surface area contributed by atoms with Gasteiger partial charge in [-0.3, -0.25) is 9.59 Å². The summed E-state index contributed by atoms with van der Waals surface area (Å²) in [6, 6.07) is 8.33. The highest BCUT2D eigenvalue weighted by molar-refractivity contribution is 6.44. The van der Waals surface area contributed by atoms with E-state index in [0.29, 0.717) is 11.4 Å². The van der Waals surface area contributed by atoms with E-state index in [0.717, 1.165) is 41.5 Å². The van der Waals surface area contributed by atoms with Gasteiger partial charge in [0.05, 0.1) is 0 Å². The van der Waals surface area contributed by atoms with Crippen LogP contribution in [-0.2, 0) is 21.4 Å². The van der Waals surface area contributed by atoms with Crippen LogP contribution in [0.15, 0.2) is 24.3 Å². The lowest BCUT2D eigenvalue weighted by Crippen LogP contribution is -2.30. The van der Waals surface area contributed by atoms with E-state index in [9.17, 15) is 9.59 Å². The molecule has 2 aromatic carbocycles. The Labute approximate surface area is 181 Å². The van der Waals surface area contributed by atoms with Crippen LogP contribution in [0, 0.1) is 27.7 Å². The van der Waals surface area contributed by atoms with Crippen molar-refractivity contribution in [1.29, 1.82) is 0 Å². The Morgan fingerprint density at radius 2 is 1.17 bits per heavy atom. The molecule has 0 radical (unpaired) electrons. The quantitative estimate of drug-likeness (QED) is 0.584. The third kappa shape index (κ3) is 5.71. The molecule has 0 fully saturated rings. The van der Waals surface area contributed by atoms with Crippen molar-refractivity contribution in [3.8, 4) is 0 Å². The summed E-state index contributed by atoms with van der Waals surface area (Å²) in [5, 5.41) is 5.61. The summed E-state index contributed by atoms with van der Waals surface area (Å²) in [5.74, 6) is -1.31. The summed E-state index contributed by atoms with van der Waals surface area (Å²) in [5.41, 5.74) is 7.76. The highest BCUT2D eigenvalue weighted by Crippen LogP contribution is 2.30. The fourth-order valence-corrected chi connectivity index (χ4v) is 3.71. The van der Waals surface area contributed by atoms with Gasteiger partial charge < -0.3 is 10.6 Å². The van der Waals surface area contributed by atoms with Crippen LogP contribution in [0.3, 0.4) is 0 Å². The van der Waals surface area contributed by atoms with E-state index in [2.05, 4.69) is 62.6 Å². The molecular weight excluding hydrogens is 372 g/mol. The maximum absolute atomic E-state index is 12.6. The van der Waals surface area contributed by atoms with E-state index in [4.69, 9.17) is 0 Å². The van der Waals surface area contributed by atoms with Gasteiger partial charge in [0.2, 0.25) is 0 Å². The van der Waals surface area contributed by atoms with Gasteiger partial charge in [-0.2, -0.15) is 0 Å². The van der Waals surface area contributed by atoms with E-state index in [1.54, 1.807) is 0 Å². The lowest BCUT2D eigenvalue weighted by Gasteiger charge is -2.22. The third-order valence-electron chi connectivity index (χ3n) is 5.49. The number of aryl methyl sites for hydroxylation is 5. The molecule has 2 aromatic rings. The maximum atomic E-state index is 12.6. The standard InChI is InChI=1S/C26H36N2O2/c1-9-10-11-20-12-16(2)22(17(3)13-20)27-24(29)25(30)28-23-18(4)14-21(15-19(23)5)26(6,7)8/h12-15H,9-11H2,1-8H3,(H,27,29)(H,28,30). The van der Waals surface area contributed by atoms with Crippen molar-refractivity contribution in [2.24, 2.45) is 0 Å². The van der Waals surface area contributed by atoms with Crippen LogP contribution in [0.1, 0.15) is 73.9 Å². The predicted molar refractivity (Wildman–Crippen MR) is 126 cm³/mol. The zero-order valence-corrected chi connectivity index (χ0v) is 19.7. The molecule has 0 heterocycles. The molecular formula is C26H36N2O2. The topological polar surface area (TPSA) is 58.2 Å². The Morgan fingerprint density at radius 3 is 1.53 bits per heavy atom. The van der Waals surface area contributed by atoms with Gasteiger partial charge >= 0.3 is 11.8 Å². The summed E-state index contributed by atoms with van der Waals surface area (Å²) in [6.45, 7) is 16.5. The van der Waals surface area contributed by atoms with E-state index >= 15 is 0 Å². The van der Waals surface area contributed by atoms with Gasteiger partial charge in [-0.15, -0.1) is 0 Å². The molecule has 0 aromatic heterocycles. The Kier molecular flexibility index (Phi) is 7.46.